The van der Waals surface area contributed by atoms with E-state index < -0.39 is 12.0 Å². The summed E-state index contributed by atoms with van der Waals surface area (Å²) in [4.78, 5) is 16.8. The van der Waals surface area contributed by atoms with Gasteiger partial charge in [0.05, 0.1) is 25.3 Å². The largest absolute Gasteiger partial charge is 0.493 e. The topological polar surface area (TPSA) is 131 Å². The van der Waals surface area contributed by atoms with Gasteiger partial charge in [-0.25, -0.2) is 0 Å². The minimum Gasteiger partial charge on any atom is -0.493 e. The highest BCUT2D eigenvalue weighted by molar-refractivity contribution is 5.88. The van der Waals surface area contributed by atoms with Crippen LogP contribution in [0.1, 0.15) is 45.1 Å². The summed E-state index contributed by atoms with van der Waals surface area (Å²) in [5.41, 5.74) is 13.5. The number of nitrogens with one attached hydrogen (secondary N) is 1. The molecule has 0 aliphatic carbocycles. The second-order valence-electron chi connectivity index (χ2n) is 9.93. The van der Waals surface area contributed by atoms with Crippen LogP contribution in [0.5, 0.6) is 23.0 Å². The molecule has 0 saturated heterocycles. The number of esters is 1. The molecule has 0 amide bonds. The highest BCUT2D eigenvalue weighted by atomic mass is 16.5. The van der Waals surface area contributed by atoms with E-state index in [-0.39, 0.29) is 12.7 Å². The molecule has 0 aliphatic rings. The van der Waals surface area contributed by atoms with Crippen molar-refractivity contribution in [1.29, 1.82) is 0 Å². The molecule has 0 bridgehead atoms. The third-order valence-electron chi connectivity index (χ3n) is 6.68. The van der Waals surface area contributed by atoms with Crippen LogP contribution in [0, 0.1) is 0 Å². The molecule has 0 aliphatic heterocycles. The quantitative estimate of drug-likeness (QED) is 0.134. The van der Waals surface area contributed by atoms with Gasteiger partial charge in [-0.1, -0.05) is 50.1 Å². The van der Waals surface area contributed by atoms with Crippen LogP contribution < -0.4 is 31.0 Å². The fourth-order valence-electron chi connectivity index (χ4n) is 4.31. The predicted octanol–water partition coefficient (Wildman–Crippen LogP) is 6.44. The fourth-order valence-corrected chi connectivity index (χ4v) is 4.31. The number of methoxy groups -OCH3 is 1. The number of benzene rings is 3. The summed E-state index contributed by atoms with van der Waals surface area (Å²) in [5.74, 6) is 1.97. The normalized spacial score (nSPS) is 12.0. The van der Waals surface area contributed by atoms with Crippen molar-refractivity contribution < 1.29 is 23.7 Å². The number of unbranched alkanes of at least 4 members (excludes halogenated alkanes) is 1. The predicted molar refractivity (Wildman–Crippen MR) is 172 cm³/mol. The highest BCUT2D eigenvalue weighted by Crippen LogP contribution is 2.37. The van der Waals surface area contributed by atoms with Crippen LogP contribution >= 0.6 is 0 Å². The molecule has 1 aromatic heterocycles. The molecule has 0 saturated carbocycles. The van der Waals surface area contributed by atoms with E-state index in [0.717, 1.165) is 36.9 Å². The molecule has 1 unspecified atom stereocenters. The Kier molecular flexibility index (Phi) is 13.6. The van der Waals surface area contributed by atoms with Crippen LogP contribution in [0.3, 0.4) is 0 Å². The Balaban J connectivity index is 0.00000248. The number of pyridine rings is 1. The van der Waals surface area contributed by atoms with Crippen LogP contribution in [0.2, 0.25) is 0 Å². The second-order valence-corrected chi connectivity index (χ2v) is 9.93. The molecule has 230 valence electrons. The van der Waals surface area contributed by atoms with Crippen molar-refractivity contribution >= 4 is 22.6 Å². The number of fused-ring (bicyclic) bond motifs is 1. The van der Waals surface area contributed by atoms with E-state index in [1.807, 2.05) is 61.5 Å². The number of hydrogen-bond donors (Lipinski definition) is 3. The molecule has 43 heavy (non-hydrogen) atoms. The maximum atomic E-state index is 12.3. The number of aromatic nitrogens is 1. The molecule has 9 heteroatoms. The van der Waals surface area contributed by atoms with Crippen molar-refractivity contribution in [3.05, 3.63) is 84.6 Å². The molecule has 0 spiro atoms. The lowest BCUT2D eigenvalue weighted by atomic mass is 10.1. The zero-order valence-electron chi connectivity index (χ0n) is 25.5. The van der Waals surface area contributed by atoms with Gasteiger partial charge in [0.25, 0.3) is 0 Å². The molecule has 0 radical (unpaired) electrons. The number of ether oxygens (including phenoxy) is 4. The molecule has 4 aromatic rings. The molecule has 3 aromatic carbocycles. The number of nitrogens with zero attached hydrogens (tertiary/aromatic N) is 1. The van der Waals surface area contributed by atoms with E-state index in [1.165, 1.54) is 12.6 Å². The van der Waals surface area contributed by atoms with Gasteiger partial charge in [-0.3, -0.25) is 9.78 Å². The molecule has 0 fully saturated rings. The summed E-state index contributed by atoms with van der Waals surface area (Å²) < 4.78 is 23.2. The van der Waals surface area contributed by atoms with Gasteiger partial charge in [-0.05, 0) is 62.4 Å². The SMILES string of the molecule is CCCCC(C)OC(=O)[C@@H](N)CCOc1cc2nccc(Oc3ccc(NCc4ccccc4)cc3)c2cc1OC.CN. The lowest BCUT2D eigenvalue weighted by Crippen LogP contribution is -2.35. The smallest absolute Gasteiger partial charge is 0.323 e. The first kappa shape index (κ1) is 33.2. The Morgan fingerprint density at radius 3 is 2.40 bits per heavy atom. The Morgan fingerprint density at radius 2 is 1.70 bits per heavy atom. The first-order valence-corrected chi connectivity index (χ1v) is 14.7. The van der Waals surface area contributed by atoms with E-state index in [0.29, 0.717) is 34.9 Å². The monoisotopic (exact) mass is 588 g/mol. The summed E-state index contributed by atoms with van der Waals surface area (Å²) in [7, 11) is 3.08. The Morgan fingerprint density at radius 1 is 0.953 bits per heavy atom. The summed E-state index contributed by atoms with van der Waals surface area (Å²) in [6, 6.07) is 22.8. The van der Waals surface area contributed by atoms with Gasteiger partial charge < -0.3 is 35.7 Å². The lowest BCUT2D eigenvalue weighted by molar-refractivity contribution is -0.150. The molecule has 9 nitrogen and oxygen atoms in total. The molecule has 1 heterocycles. The number of hydrogen-bond acceptors (Lipinski definition) is 9. The third-order valence-corrected chi connectivity index (χ3v) is 6.68. The first-order valence-electron chi connectivity index (χ1n) is 14.7. The van der Waals surface area contributed by atoms with Crippen LogP contribution in [0.4, 0.5) is 5.69 Å². The van der Waals surface area contributed by atoms with Crippen molar-refractivity contribution in [2.45, 2.75) is 58.2 Å². The third kappa shape index (κ3) is 10.2. The van der Waals surface area contributed by atoms with Crippen molar-refractivity contribution in [3.8, 4) is 23.0 Å². The summed E-state index contributed by atoms with van der Waals surface area (Å²) >= 11 is 0. The number of carbonyl (C=O) groups is 1. The lowest BCUT2D eigenvalue weighted by Gasteiger charge is -2.17. The minimum absolute atomic E-state index is 0.147. The maximum absolute atomic E-state index is 12.3. The van der Waals surface area contributed by atoms with E-state index in [2.05, 4.69) is 35.1 Å². The van der Waals surface area contributed by atoms with Crippen LogP contribution in [-0.4, -0.2) is 43.9 Å². The number of carbonyl (C=O) groups excluding carboxylic acids is 1. The van der Waals surface area contributed by atoms with Gasteiger partial charge >= 0.3 is 5.97 Å². The zero-order chi connectivity index (χ0) is 31.0. The Bertz CT molecular complexity index is 1400. The van der Waals surface area contributed by atoms with E-state index in [9.17, 15) is 4.79 Å². The average Bonchev–Trinajstić information content (AvgIpc) is 3.04. The first-order chi connectivity index (χ1) is 21.0. The molecule has 4 rings (SSSR count). The Hall–Kier alpha value is -4.34. The number of nitrogens with two attached hydrogens (primary N) is 2. The maximum Gasteiger partial charge on any atom is 0.323 e. The van der Waals surface area contributed by atoms with Gasteiger partial charge in [-0.2, -0.15) is 0 Å². The molecule has 5 N–H and O–H groups in total. The van der Waals surface area contributed by atoms with Crippen LogP contribution in [-0.2, 0) is 16.1 Å². The number of rotatable bonds is 15. The zero-order valence-corrected chi connectivity index (χ0v) is 25.5. The average molecular weight is 589 g/mol. The van der Waals surface area contributed by atoms with Crippen molar-refractivity contribution in [3.63, 3.8) is 0 Å². The Labute approximate surface area is 254 Å². The van der Waals surface area contributed by atoms with E-state index >= 15 is 0 Å². The molecular formula is C34H44N4O5. The molecule has 2 atom stereocenters. The molecular weight excluding hydrogens is 544 g/mol. The van der Waals surface area contributed by atoms with Crippen LogP contribution in [0.15, 0.2) is 79.0 Å². The van der Waals surface area contributed by atoms with E-state index in [4.69, 9.17) is 24.7 Å². The van der Waals surface area contributed by atoms with Gasteiger partial charge in [0.15, 0.2) is 11.5 Å². The minimum atomic E-state index is -0.761. The van der Waals surface area contributed by atoms with Gasteiger partial charge in [0, 0.05) is 36.3 Å². The van der Waals surface area contributed by atoms with Gasteiger partial charge in [0.1, 0.15) is 17.5 Å². The highest BCUT2D eigenvalue weighted by Gasteiger charge is 2.19. The summed E-state index contributed by atoms with van der Waals surface area (Å²) in [6.07, 6.45) is 4.75. The van der Waals surface area contributed by atoms with Crippen LogP contribution in [0.25, 0.3) is 10.9 Å². The van der Waals surface area contributed by atoms with Gasteiger partial charge in [-0.15, -0.1) is 0 Å². The van der Waals surface area contributed by atoms with Gasteiger partial charge in [0.2, 0.25) is 0 Å². The van der Waals surface area contributed by atoms with E-state index in [1.54, 1.807) is 19.4 Å². The second kappa shape index (κ2) is 17.6. The fraction of sp³-hybridized carbons (Fsp3) is 0.353. The summed E-state index contributed by atoms with van der Waals surface area (Å²) in [6.45, 7) is 4.96. The van der Waals surface area contributed by atoms with Crippen molar-refractivity contribution in [1.82, 2.24) is 4.98 Å². The van der Waals surface area contributed by atoms with Crippen molar-refractivity contribution in [2.24, 2.45) is 11.5 Å². The van der Waals surface area contributed by atoms with Crippen molar-refractivity contribution in [2.75, 3.05) is 26.1 Å². The number of anilines is 1. The summed E-state index contributed by atoms with van der Waals surface area (Å²) in [5, 5.41) is 4.20. The standard InChI is InChI=1S/C33H39N3O5.CH5N/c1-4-5-9-23(2)40-33(37)28(34)17-19-39-32-21-29-27(20-31(32)38-3)30(16-18-35-29)41-26-14-12-25(13-15-26)36-22-24-10-7-6-8-11-24;1-2/h6-8,10-16,18,20-21,23,28,36H,4-5,9,17,19,22,34H2,1-3H3;2H2,1H3/t23?,28-;/m0./s1.